The average molecular weight is 261 g/mol. The lowest BCUT2D eigenvalue weighted by Crippen LogP contribution is -2.12. The Kier molecular flexibility index (Phi) is 14.3. The van der Waals surface area contributed by atoms with Crippen LogP contribution in [0.5, 0.6) is 0 Å². The van der Waals surface area contributed by atoms with Crippen LogP contribution in [0.1, 0.15) is 71.1 Å². The van der Waals surface area contributed by atoms with Crippen LogP contribution >= 0.6 is 0 Å². The summed E-state index contributed by atoms with van der Waals surface area (Å²) in [5.41, 5.74) is 5.36. The Balaban J connectivity index is 3.01. The van der Waals surface area contributed by atoms with E-state index in [9.17, 15) is 4.21 Å². The number of nitrogens with two attached hydrogens (primary N) is 1. The summed E-state index contributed by atoms with van der Waals surface area (Å²) in [6, 6.07) is 0. The summed E-state index contributed by atoms with van der Waals surface area (Å²) >= 11 is 0. The molecule has 1 atom stereocenters. The Labute approximate surface area is 110 Å². The molecule has 0 heterocycles. The van der Waals surface area contributed by atoms with Crippen molar-refractivity contribution in [1.29, 1.82) is 0 Å². The monoisotopic (exact) mass is 261 g/mol. The molecule has 104 valence electrons. The Bertz CT molecular complexity index is 174. The van der Waals surface area contributed by atoms with Gasteiger partial charge in [0, 0.05) is 28.9 Å². The fourth-order valence-electron chi connectivity index (χ4n) is 1.98. The van der Waals surface area contributed by atoms with E-state index in [1.165, 1.54) is 57.8 Å². The first-order valence-electron chi connectivity index (χ1n) is 7.36. The maximum Gasteiger partial charge on any atom is 0.0357 e. The SMILES string of the molecule is CCCCCCCCCCCCS(=O)CCN. The molecular formula is C14H31NOS. The molecule has 2 N–H and O–H groups in total. The summed E-state index contributed by atoms with van der Waals surface area (Å²) in [6.07, 6.45) is 13.4. The molecule has 0 rings (SSSR count). The Morgan fingerprint density at radius 1 is 0.765 bits per heavy atom. The highest BCUT2D eigenvalue weighted by Gasteiger charge is 1.98. The standard InChI is InChI=1S/C14H31NOS/c1-2-3-4-5-6-7-8-9-10-11-13-17(16)14-12-15/h2-15H2,1H3. The molecule has 0 aromatic heterocycles. The van der Waals surface area contributed by atoms with E-state index in [0.29, 0.717) is 12.3 Å². The Morgan fingerprint density at radius 3 is 1.71 bits per heavy atom. The minimum Gasteiger partial charge on any atom is -0.330 e. The molecule has 0 fully saturated rings. The van der Waals surface area contributed by atoms with Crippen LogP contribution in [0.2, 0.25) is 0 Å². The molecule has 0 aromatic carbocycles. The highest BCUT2D eigenvalue weighted by Crippen LogP contribution is 2.10. The van der Waals surface area contributed by atoms with Crippen molar-refractivity contribution in [3.05, 3.63) is 0 Å². The molecule has 0 saturated heterocycles. The third-order valence-corrected chi connectivity index (χ3v) is 4.51. The van der Waals surface area contributed by atoms with Crippen molar-refractivity contribution in [3.8, 4) is 0 Å². The minimum absolute atomic E-state index is 0.560. The summed E-state index contributed by atoms with van der Waals surface area (Å²) in [7, 11) is -0.658. The first-order valence-corrected chi connectivity index (χ1v) is 8.85. The van der Waals surface area contributed by atoms with Crippen molar-refractivity contribution >= 4 is 10.8 Å². The van der Waals surface area contributed by atoms with Crippen molar-refractivity contribution in [2.75, 3.05) is 18.1 Å². The zero-order chi connectivity index (χ0) is 12.8. The minimum atomic E-state index is -0.658. The second-order valence-electron chi connectivity index (χ2n) is 4.82. The molecule has 2 nitrogen and oxygen atoms in total. The lowest BCUT2D eigenvalue weighted by atomic mass is 10.1. The zero-order valence-corrected chi connectivity index (χ0v) is 12.4. The second kappa shape index (κ2) is 14.2. The molecule has 0 spiro atoms. The molecule has 0 aliphatic rings. The van der Waals surface area contributed by atoms with Gasteiger partial charge in [0.1, 0.15) is 0 Å². The van der Waals surface area contributed by atoms with Gasteiger partial charge in [-0.1, -0.05) is 64.7 Å². The third kappa shape index (κ3) is 14.0. The normalized spacial score (nSPS) is 12.8. The van der Waals surface area contributed by atoms with E-state index in [4.69, 9.17) is 5.73 Å². The molecule has 0 amide bonds. The molecule has 0 radical (unpaired) electrons. The lowest BCUT2D eigenvalue weighted by molar-refractivity contribution is 0.562. The first-order chi connectivity index (χ1) is 8.31. The van der Waals surface area contributed by atoms with Gasteiger partial charge >= 0.3 is 0 Å². The van der Waals surface area contributed by atoms with E-state index >= 15 is 0 Å². The summed E-state index contributed by atoms with van der Waals surface area (Å²) in [5, 5.41) is 0. The Morgan fingerprint density at radius 2 is 1.24 bits per heavy atom. The molecule has 17 heavy (non-hydrogen) atoms. The van der Waals surface area contributed by atoms with E-state index in [0.717, 1.165) is 12.2 Å². The van der Waals surface area contributed by atoms with E-state index in [-0.39, 0.29) is 0 Å². The predicted molar refractivity (Wildman–Crippen MR) is 78.8 cm³/mol. The van der Waals surface area contributed by atoms with Gasteiger partial charge in [-0.05, 0) is 6.42 Å². The van der Waals surface area contributed by atoms with Gasteiger partial charge in [-0.3, -0.25) is 4.21 Å². The van der Waals surface area contributed by atoms with E-state index < -0.39 is 10.8 Å². The van der Waals surface area contributed by atoms with Crippen molar-refractivity contribution in [2.45, 2.75) is 71.1 Å². The molecule has 0 aliphatic carbocycles. The van der Waals surface area contributed by atoms with Crippen LogP contribution < -0.4 is 5.73 Å². The van der Waals surface area contributed by atoms with Crippen LogP contribution in [0, 0.1) is 0 Å². The molecular weight excluding hydrogens is 230 g/mol. The number of rotatable bonds is 13. The van der Waals surface area contributed by atoms with Crippen LogP contribution in [0.3, 0.4) is 0 Å². The van der Waals surface area contributed by atoms with Crippen LogP contribution in [0.15, 0.2) is 0 Å². The second-order valence-corrected chi connectivity index (χ2v) is 6.51. The van der Waals surface area contributed by atoms with Gasteiger partial charge in [-0.25, -0.2) is 0 Å². The van der Waals surface area contributed by atoms with E-state index in [2.05, 4.69) is 6.92 Å². The van der Waals surface area contributed by atoms with Gasteiger partial charge in [-0.15, -0.1) is 0 Å². The largest absolute Gasteiger partial charge is 0.330 e. The van der Waals surface area contributed by atoms with E-state index in [1.54, 1.807) is 0 Å². The molecule has 0 saturated carbocycles. The summed E-state index contributed by atoms with van der Waals surface area (Å²) in [6.45, 7) is 2.82. The molecule has 3 heteroatoms. The van der Waals surface area contributed by atoms with Crippen LogP contribution in [0.4, 0.5) is 0 Å². The van der Waals surface area contributed by atoms with Gasteiger partial charge < -0.3 is 5.73 Å². The fraction of sp³-hybridized carbons (Fsp3) is 1.00. The Hall–Kier alpha value is 0.110. The fourth-order valence-corrected chi connectivity index (χ4v) is 2.98. The highest BCUT2D eigenvalue weighted by atomic mass is 32.2. The molecule has 1 unspecified atom stereocenters. The molecule has 0 aromatic rings. The van der Waals surface area contributed by atoms with Crippen LogP contribution in [-0.4, -0.2) is 22.3 Å². The van der Waals surface area contributed by atoms with Gasteiger partial charge in [-0.2, -0.15) is 0 Å². The molecule has 0 aliphatic heterocycles. The summed E-state index contributed by atoms with van der Waals surface area (Å²) in [4.78, 5) is 0. The van der Waals surface area contributed by atoms with Crippen molar-refractivity contribution in [3.63, 3.8) is 0 Å². The third-order valence-electron chi connectivity index (χ3n) is 3.07. The van der Waals surface area contributed by atoms with Crippen LogP contribution in [0.25, 0.3) is 0 Å². The topological polar surface area (TPSA) is 43.1 Å². The zero-order valence-electron chi connectivity index (χ0n) is 11.6. The van der Waals surface area contributed by atoms with Crippen molar-refractivity contribution in [2.24, 2.45) is 5.73 Å². The van der Waals surface area contributed by atoms with Crippen molar-refractivity contribution in [1.82, 2.24) is 0 Å². The van der Waals surface area contributed by atoms with Gasteiger partial charge in [0.05, 0.1) is 0 Å². The van der Waals surface area contributed by atoms with E-state index in [1.807, 2.05) is 0 Å². The summed E-state index contributed by atoms with van der Waals surface area (Å²) in [5.74, 6) is 1.53. The first kappa shape index (κ1) is 17.1. The summed E-state index contributed by atoms with van der Waals surface area (Å²) < 4.78 is 11.3. The average Bonchev–Trinajstić information content (AvgIpc) is 2.32. The van der Waals surface area contributed by atoms with Gasteiger partial charge in [0.2, 0.25) is 0 Å². The quantitative estimate of drug-likeness (QED) is 0.515. The maximum atomic E-state index is 11.3. The number of hydrogen-bond acceptors (Lipinski definition) is 2. The predicted octanol–water partition coefficient (Wildman–Crippen LogP) is 3.61. The van der Waals surface area contributed by atoms with Crippen LogP contribution in [-0.2, 0) is 10.8 Å². The smallest absolute Gasteiger partial charge is 0.0357 e. The number of hydrogen-bond donors (Lipinski definition) is 1. The molecule has 0 bridgehead atoms. The van der Waals surface area contributed by atoms with Gasteiger partial charge in [0.15, 0.2) is 0 Å². The maximum absolute atomic E-state index is 11.3. The number of unbranched alkanes of at least 4 members (excludes halogenated alkanes) is 9. The lowest BCUT2D eigenvalue weighted by Gasteiger charge is -2.02. The van der Waals surface area contributed by atoms with Crippen molar-refractivity contribution < 1.29 is 4.21 Å². The highest BCUT2D eigenvalue weighted by molar-refractivity contribution is 7.84. The van der Waals surface area contributed by atoms with Gasteiger partial charge in [0.25, 0.3) is 0 Å².